The van der Waals surface area contributed by atoms with E-state index in [0.29, 0.717) is 33.9 Å². The highest BCUT2D eigenvalue weighted by atomic mass is 35.5. The molecule has 204 valence electrons. The zero-order chi connectivity index (χ0) is 28.1. The number of alkyl halides is 3. The van der Waals surface area contributed by atoms with E-state index >= 15 is 0 Å². The van der Waals surface area contributed by atoms with Crippen LogP contribution in [0.1, 0.15) is 31.4 Å². The summed E-state index contributed by atoms with van der Waals surface area (Å²) in [6.45, 7) is 2.55. The van der Waals surface area contributed by atoms with Gasteiger partial charge in [0.15, 0.2) is 0 Å². The molecule has 0 aliphatic carbocycles. The number of carbonyl (C=O) groups is 2. The molecule has 0 bridgehead atoms. The summed E-state index contributed by atoms with van der Waals surface area (Å²) in [6, 6.07) is 5.96. The Morgan fingerprint density at radius 1 is 1.05 bits per heavy atom. The molecule has 0 unspecified atom stereocenters. The minimum Gasteiger partial charge on any atom is -0.354 e. The molecule has 37 heavy (non-hydrogen) atoms. The first kappa shape index (κ1) is 31.0. The molecular formula is C23H25Cl3F3N3O4S. The number of rotatable bonds is 10. The fourth-order valence-corrected chi connectivity index (χ4v) is 4.85. The van der Waals surface area contributed by atoms with Crippen LogP contribution in [0.2, 0.25) is 15.1 Å². The van der Waals surface area contributed by atoms with Gasteiger partial charge < -0.3 is 10.2 Å². The first-order valence-electron chi connectivity index (χ1n) is 10.9. The number of halogens is 6. The van der Waals surface area contributed by atoms with Gasteiger partial charge in [0.2, 0.25) is 21.8 Å². The van der Waals surface area contributed by atoms with Gasteiger partial charge in [-0.15, -0.1) is 0 Å². The molecule has 0 fully saturated rings. The largest absolute Gasteiger partial charge is 0.417 e. The zero-order valence-electron chi connectivity index (χ0n) is 20.1. The fraction of sp³-hybridized carbons (Fsp3) is 0.391. The number of sulfonamides is 1. The Hall–Kier alpha value is -2.21. The summed E-state index contributed by atoms with van der Waals surface area (Å²) in [5.74, 6) is -1.35. The van der Waals surface area contributed by atoms with Crippen molar-refractivity contribution in [3.63, 3.8) is 0 Å². The molecule has 0 aliphatic heterocycles. The number of benzene rings is 2. The Kier molecular flexibility index (Phi) is 10.5. The number of amides is 2. The van der Waals surface area contributed by atoms with E-state index in [1.807, 2.05) is 6.92 Å². The van der Waals surface area contributed by atoms with Crippen LogP contribution in [-0.2, 0) is 32.3 Å². The van der Waals surface area contributed by atoms with Crippen molar-refractivity contribution in [2.75, 3.05) is 23.7 Å². The lowest BCUT2D eigenvalue weighted by molar-refractivity contribution is -0.139. The standard InChI is InChI=1S/C23H25Cl3F3N3O4S/c1-4-9-30-22(34)14(2)31(12-15-5-6-16(24)10-20(15)26)21(33)13-32(37(3,35)36)17-7-8-19(25)18(11-17)23(27,28)29/h5-8,10-11,14H,4,9,12-13H2,1-3H3,(H,30,34)/t14-/m0/s1. The molecule has 0 saturated carbocycles. The van der Waals surface area contributed by atoms with Crippen LogP contribution in [0.5, 0.6) is 0 Å². The minimum atomic E-state index is -4.86. The van der Waals surface area contributed by atoms with Gasteiger partial charge in [0, 0.05) is 23.1 Å². The SMILES string of the molecule is CCCNC(=O)[C@H](C)N(Cc1ccc(Cl)cc1Cl)C(=O)CN(c1ccc(Cl)c(C(F)(F)F)c1)S(C)(=O)=O. The molecule has 0 heterocycles. The first-order chi connectivity index (χ1) is 17.1. The molecule has 0 spiro atoms. The van der Waals surface area contributed by atoms with E-state index in [9.17, 15) is 31.2 Å². The van der Waals surface area contributed by atoms with Gasteiger partial charge in [0.1, 0.15) is 12.6 Å². The van der Waals surface area contributed by atoms with Crippen molar-refractivity contribution >= 4 is 62.3 Å². The summed E-state index contributed by atoms with van der Waals surface area (Å²) in [5, 5.41) is 2.58. The van der Waals surface area contributed by atoms with Gasteiger partial charge in [0.25, 0.3) is 0 Å². The highest BCUT2D eigenvalue weighted by molar-refractivity contribution is 7.92. The monoisotopic (exact) mass is 601 g/mol. The number of nitrogens with zero attached hydrogens (tertiary/aromatic N) is 2. The zero-order valence-corrected chi connectivity index (χ0v) is 23.2. The molecule has 0 saturated heterocycles. The van der Waals surface area contributed by atoms with Gasteiger partial charge in [-0.2, -0.15) is 13.2 Å². The highest BCUT2D eigenvalue weighted by Gasteiger charge is 2.35. The summed E-state index contributed by atoms with van der Waals surface area (Å²) >= 11 is 17.8. The molecule has 0 aliphatic rings. The molecule has 2 aromatic rings. The minimum absolute atomic E-state index is 0.193. The first-order valence-corrected chi connectivity index (χ1v) is 13.9. The Bertz CT molecular complexity index is 1260. The molecule has 1 N–H and O–H groups in total. The van der Waals surface area contributed by atoms with Crippen LogP contribution in [-0.4, -0.2) is 50.5 Å². The van der Waals surface area contributed by atoms with Gasteiger partial charge in [-0.1, -0.05) is 47.8 Å². The van der Waals surface area contributed by atoms with Gasteiger partial charge in [-0.05, 0) is 49.2 Å². The van der Waals surface area contributed by atoms with Crippen molar-refractivity contribution in [3.8, 4) is 0 Å². The molecule has 2 amide bonds. The van der Waals surface area contributed by atoms with Crippen molar-refractivity contribution in [1.82, 2.24) is 10.2 Å². The van der Waals surface area contributed by atoms with E-state index in [1.165, 1.54) is 19.1 Å². The van der Waals surface area contributed by atoms with Gasteiger partial charge in [0.05, 0.1) is 22.5 Å². The molecule has 2 aromatic carbocycles. The number of hydrogen-bond donors (Lipinski definition) is 1. The Morgan fingerprint density at radius 3 is 2.24 bits per heavy atom. The lowest BCUT2D eigenvalue weighted by atomic mass is 10.1. The van der Waals surface area contributed by atoms with E-state index in [-0.39, 0.29) is 11.6 Å². The van der Waals surface area contributed by atoms with Crippen molar-refractivity contribution in [2.45, 2.75) is 39.0 Å². The second kappa shape index (κ2) is 12.6. The normalized spacial score (nSPS) is 12.7. The van der Waals surface area contributed by atoms with Crippen molar-refractivity contribution in [3.05, 3.63) is 62.6 Å². The third-order valence-corrected chi connectivity index (χ3v) is 7.35. The predicted molar refractivity (Wildman–Crippen MR) is 138 cm³/mol. The Morgan fingerprint density at radius 2 is 1.70 bits per heavy atom. The van der Waals surface area contributed by atoms with Crippen LogP contribution >= 0.6 is 34.8 Å². The van der Waals surface area contributed by atoms with Crippen LogP contribution in [0.25, 0.3) is 0 Å². The van der Waals surface area contributed by atoms with Crippen LogP contribution in [0.15, 0.2) is 36.4 Å². The van der Waals surface area contributed by atoms with Crippen molar-refractivity contribution in [2.24, 2.45) is 0 Å². The quantitative estimate of drug-likeness (QED) is 0.396. The van der Waals surface area contributed by atoms with Crippen LogP contribution in [0.3, 0.4) is 0 Å². The molecule has 0 radical (unpaired) electrons. The number of anilines is 1. The van der Waals surface area contributed by atoms with Crippen LogP contribution < -0.4 is 9.62 Å². The highest BCUT2D eigenvalue weighted by Crippen LogP contribution is 2.37. The van der Waals surface area contributed by atoms with Gasteiger partial charge in [-0.25, -0.2) is 8.42 Å². The summed E-state index contributed by atoms with van der Waals surface area (Å²) in [6.07, 6.45) is -3.47. The third-order valence-electron chi connectivity index (χ3n) is 5.29. The number of hydrogen-bond acceptors (Lipinski definition) is 4. The number of nitrogens with one attached hydrogen (secondary N) is 1. The molecule has 2 rings (SSSR count). The average Bonchev–Trinajstić information content (AvgIpc) is 2.79. The lowest BCUT2D eigenvalue weighted by Gasteiger charge is -2.32. The second-order valence-corrected chi connectivity index (χ2v) is 11.3. The summed E-state index contributed by atoms with van der Waals surface area (Å²) in [7, 11) is -4.24. The molecular weight excluding hydrogens is 578 g/mol. The van der Waals surface area contributed by atoms with Crippen molar-refractivity contribution < 1.29 is 31.2 Å². The summed E-state index contributed by atoms with van der Waals surface area (Å²) < 4.78 is 65.8. The van der Waals surface area contributed by atoms with Crippen LogP contribution in [0, 0.1) is 0 Å². The number of carbonyl (C=O) groups excluding carboxylic acids is 2. The maximum absolute atomic E-state index is 13.4. The maximum atomic E-state index is 13.4. The maximum Gasteiger partial charge on any atom is 0.417 e. The summed E-state index contributed by atoms with van der Waals surface area (Å²) in [5.41, 5.74) is -1.25. The Labute approximate surface area is 228 Å². The third kappa shape index (κ3) is 8.39. The predicted octanol–water partition coefficient (Wildman–Crippen LogP) is 5.38. The van der Waals surface area contributed by atoms with E-state index in [2.05, 4.69) is 5.32 Å². The smallest absolute Gasteiger partial charge is 0.354 e. The van der Waals surface area contributed by atoms with Gasteiger partial charge in [-0.3, -0.25) is 13.9 Å². The lowest BCUT2D eigenvalue weighted by Crippen LogP contribution is -2.51. The van der Waals surface area contributed by atoms with E-state index in [1.54, 1.807) is 6.07 Å². The Balaban J connectivity index is 2.49. The molecule has 7 nitrogen and oxygen atoms in total. The summed E-state index contributed by atoms with van der Waals surface area (Å²) in [4.78, 5) is 27.2. The second-order valence-electron chi connectivity index (χ2n) is 8.16. The average molecular weight is 603 g/mol. The van der Waals surface area contributed by atoms with Gasteiger partial charge >= 0.3 is 6.18 Å². The van der Waals surface area contributed by atoms with Crippen LogP contribution in [0.4, 0.5) is 18.9 Å². The topological polar surface area (TPSA) is 86.8 Å². The van der Waals surface area contributed by atoms with E-state index < -0.39 is 56.9 Å². The molecule has 0 aromatic heterocycles. The van der Waals surface area contributed by atoms with Crippen molar-refractivity contribution in [1.29, 1.82) is 0 Å². The molecule has 1 atom stereocenters. The van der Waals surface area contributed by atoms with E-state index in [4.69, 9.17) is 34.8 Å². The molecule has 14 heteroatoms. The van der Waals surface area contributed by atoms with E-state index in [0.717, 1.165) is 23.3 Å². The fourth-order valence-electron chi connectivity index (χ4n) is 3.31.